The van der Waals surface area contributed by atoms with Crippen LogP contribution in [-0.4, -0.2) is 72.5 Å². The van der Waals surface area contributed by atoms with Gasteiger partial charge in [-0.25, -0.2) is 4.39 Å². The molecule has 10 heteroatoms. The van der Waals surface area contributed by atoms with E-state index in [9.17, 15) is 14.0 Å². The van der Waals surface area contributed by atoms with Gasteiger partial charge in [0.1, 0.15) is 18.1 Å². The number of carbonyl (C=O) groups is 2. The molecule has 0 atom stereocenters. The Morgan fingerprint density at radius 2 is 1.71 bits per heavy atom. The summed E-state index contributed by atoms with van der Waals surface area (Å²) in [5.41, 5.74) is 1.12. The van der Waals surface area contributed by atoms with Crippen LogP contribution in [0.25, 0.3) is 0 Å². The van der Waals surface area contributed by atoms with Crippen molar-refractivity contribution in [3.05, 3.63) is 93.6 Å². The van der Waals surface area contributed by atoms with Crippen molar-refractivity contribution >= 4 is 35.0 Å². The molecule has 0 aliphatic carbocycles. The average molecular weight is 562 g/mol. The Morgan fingerprint density at radius 3 is 2.39 bits per heavy atom. The minimum atomic E-state index is -0.351. The first-order chi connectivity index (χ1) is 18.4. The number of hydrogen-bond acceptors (Lipinski definition) is 5. The van der Waals surface area contributed by atoms with E-state index in [2.05, 4.69) is 4.90 Å². The van der Waals surface area contributed by atoms with Gasteiger partial charge < -0.3 is 19.0 Å². The molecule has 1 aromatic heterocycles. The molecule has 0 saturated carbocycles. The van der Waals surface area contributed by atoms with Crippen LogP contribution in [0.5, 0.6) is 0 Å². The van der Waals surface area contributed by atoms with Gasteiger partial charge in [-0.15, -0.1) is 0 Å². The lowest BCUT2D eigenvalue weighted by Crippen LogP contribution is -2.44. The number of amides is 2. The third-order valence-corrected chi connectivity index (χ3v) is 7.09. The Hall–Kier alpha value is -2.91. The molecule has 0 radical (unpaired) electrons. The predicted molar refractivity (Wildman–Crippen MR) is 144 cm³/mol. The molecule has 3 aromatic rings. The Kier molecular flexibility index (Phi) is 10.2. The van der Waals surface area contributed by atoms with Crippen molar-refractivity contribution in [1.29, 1.82) is 0 Å². The van der Waals surface area contributed by atoms with E-state index in [0.717, 1.165) is 25.2 Å². The van der Waals surface area contributed by atoms with Crippen LogP contribution in [-0.2, 0) is 22.6 Å². The maximum atomic E-state index is 13.6. The first kappa shape index (κ1) is 28.1. The Morgan fingerprint density at radius 1 is 0.947 bits per heavy atom. The van der Waals surface area contributed by atoms with Crippen LogP contribution in [0, 0.1) is 5.82 Å². The molecule has 0 bridgehead atoms. The quantitative estimate of drug-likeness (QED) is 0.325. The maximum Gasteiger partial charge on any atom is 0.254 e. The van der Waals surface area contributed by atoms with Gasteiger partial charge in [0.05, 0.1) is 36.1 Å². The molecule has 1 saturated heterocycles. The number of rotatable bonds is 11. The molecule has 1 aliphatic heterocycles. The lowest BCUT2D eigenvalue weighted by Gasteiger charge is -2.30. The molecule has 202 valence electrons. The zero-order valence-corrected chi connectivity index (χ0v) is 22.5. The molecule has 38 heavy (non-hydrogen) atoms. The minimum absolute atomic E-state index is 0.135. The molecular weight excluding hydrogens is 532 g/mol. The second-order valence-corrected chi connectivity index (χ2v) is 9.93. The summed E-state index contributed by atoms with van der Waals surface area (Å²) >= 11 is 12.2. The minimum Gasteiger partial charge on any atom is -0.467 e. The molecule has 7 nitrogen and oxygen atoms in total. The van der Waals surface area contributed by atoms with Gasteiger partial charge in [-0.1, -0.05) is 35.3 Å². The fourth-order valence-corrected chi connectivity index (χ4v) is 4.57. The molecule has 0 unspecified atom stereocenters. The molecule has 2 aromatic carbocycles. The summed E-state index contributed by atoms with van der Waals surface area (Å²) in [7, 11) is 0. The van der Waals surface area contributed by atoms with Crippen LogP contribution in [0.3, 0.4) is 0 Å². The van der Waals surface area contributed by atoms with Gasteiger partial charge in [-0.3, -0.25) is 14.5 Å². The van der Waals surface area contributed by atoms with E-state index < -0.39 is 0 Å². The van der Waals surface area contributed by atoms with Gasteiger partial charge in [0.25, 0.3) is 5.91 Å². The first-order valence-electron chi connectivity index (χ1n) is 12.5. The summed E-state index contributed by atoms with van der Waals surface area (Å²) in [6, 6.07) is 14.2. The van der Waals surface area contributed by atoms with Crippen LogP contribution in [0.4, 0.5) is 4.39 Å². The number of nitrogens with zero attached hydrogens (tertiary/aromatic N) is 3. The summed E-state index contributed by atoms with van der Waals surface area (Å²) in [5.74, 6) is -0.310. The van der Waals surface area contributed by atoms with Crippen molar-refractivity contribution < 1.29 is 23.1 Å². The molecule has 0 spiro atoms. The van der Waals surface area contributed by atoms with Crippen LogP contribution < -0.4 is 0 Å². The lowest BCUT2D eigenvalue weighted by atomic mass is 10.1. The van der Waals surface area contributed by atoms with E-state index in [1.54, 1.807) is 52.5 Å². The third kappa shape index (κ3) is 8.04. The van der Waals surface area contributed by atoms with Crippen molar-refractivity contribution in [2.24, 2.45) is 0 Å². The maximum absolute atomic E-state index is 13.6. The summed E-state index contributed by atoms with van der Waals surface area (Å²) in [6.07, 6.45) is 2.23. The van der Waals surface area contributed by atoms with E-state index in [1.807, 2.05) is 0 Å². The number of ether oxygens (including phenoxy) is 1. The van der Waals surface area contributed by atoms with Crippen LogP contribution in [0.2, 0.25) is 10.0 Å². The predicted octanol–water partition coefficient (Wildman–Crippen LogP) is 5.12. The second kappa shape index (κ2) is 13.8. The molecule has 1 fully saturated rings. The van der Waals surface area contributed by atoms with E-state index in [1.165, 1.54) is 18.2 Å². The highest BCUT2D eigenvalue weighted by Gasteiger charge is 2.24. The highest BCUT2D eigenvalue weighted by molar-refractivity contribution is 6.42. The molecule has 0 N–H and O–H groups in total. The third-order valence-electron chi connectivity index (χ3n) is 6.35. The first-order valence-corrected chi connectivity index (χ1v) is 13.2. The zero-order chi connectivity index (χ0) is 26.9. The van der Waals surface area contributed by atoms with E-state index in [-0.39, 0.29) is 42.3 Å². The summed E-state index contributed by atoms with van der Waals surface area (Å²) < 4.78 is 24.3. The molecular formula is C28H30Cl2FN3O4. The smallest absolute Gasteiger partial charge is 0.254 e. The molecule has 1 aliphatic rings. The van der Waals surface area contributed by atoms with E-state index in [0.29, 0.717) is 42.5 Å². The van der Waals surface area contributed by atoms with Crippen LogP contribution in [0.15, 0.2) is 65.3 Å². The van der Waals surface area contributed by atoms with Crippen molar-refractivity contribution in [3.63, 3.8) is 0 Å². The number of benzene rings is 2. The van der Waals surface area contributed by atoms with Crippen molar-refractivity contribution in [2.45, 2.75) is 19.5 Å². The fraction of sp³-hybridized carbons (Fsp3) is 0.357. The summed E-state index contributed by atoms with van der Waals surface area (Å²) in [4.78, 5) is 32.6. The Balaban J connectivity index is 1.50. The number of halogens is 3. The largest absolute Gasteiger partial charge is 0.467 e. The highest BCUT2D eigenvalue weighted by atomic mass is 35.5. The standard InChI is InChI=1S/C28H30Cl2FN3O4/c29-25-9-6-22(17-26(25)30)28(36)33(11-2-10-32-12-15-37-16-13-32)20-27(35)34(19-24-3-1-14-38-24)18-21-4-7-23(31)8-5-21/h1,3-9,14,17H,2,10-13,15-16,18-20H2. The summed E-state index contributed by atoms with van der Waals surface area (Å²) in [6.45, 7) is 4.55. The summed E-state index contributed by atoms with van der Waals surface area (Å²) in [5, 5.41) is 0.620. The number of hydrogen-bond donors (Lipinski definition) is 0. The highest BCUT2D eigenvalue weighted by Crippen LogP contribution is 2.23. The number of furan rings is 1. The van der Waals surface area contributed by atoms with E-state index in [4.69, 9.17) is 32.4 Å². The van der Waals surface area contributed by atoms with Gasteiger partial charge >= 0.3 is 0 Å². The lowest BCUT2D eigenvalue weighted by molar-refractivity contribution is -0.133. The van der Waals surface area contributed by atoms with Gasteiger partial charge in [0, 0.05) is 38.3 Å². The molecule has 2 amide bonds. The average Bonchev–Trinajstić information content (AvgIpc) is 3.44. The van der Waals surface area contributed by atoms with Gasteiger partial charge in [0.2, 0.25) is 5.91 Å². The number of morpholine rings is 1. The molecule has 4 rings (SSSR count). The topological polar surface area (TPSA) is 66.2 Å². The van der Waals surface area contributed by atoms with Crippen molar-refractivity contribution in [3.8, 4) is 0 Å². The SMILES string of the molecule is O=C(CN(CCCN1CCOCC1)C(=O)c1ccc(Cl)c(Cl)c1)N(Cc1ccc(F)cc1)Cc1ccco1. The normalized spacial score (nSPS) is 13.9. The fourth-order valence-electron chi connectivity index (χ4n) is 4.27. The zero-order valence-electron chi connectivity index (χ0n) is 21.0. The van der Waals surface area contributed by atoms with Gasteiger partial charge in [-0.05, 0) is 54.4 Å². The second-order valence-electron chi connectivity index (χ2n) is 9.12. The Bertz CT molecular complexity index is 1200. The van der Waals surface area contributed by atoms with Crippen LogP contribution >= 0.6 is 23.2 Å². The van der Waals surface area contributed by atoms with Crippen molar-refractivity contribution in [2.75, 3.05) is 45.9 Å². The van der Waals surface area contributed by atoms with Crippen LogP contribution in [0.1, 0.15) is 28.1 Å². The number of carbonyl (C=O) groups excluding carboxylic acids is 2. The monoisotopic (exact) mass is 561 g/mol. The van der Waals surface area contributed by atoms with E-state index >= 15 is 0 Å². The van der Waals surface area contributed by atoms with Crippen molar-refractivity contribution in [1.82, 2.24) is 14.7 Å². The van der Waals surface area contributed by atoms with Gasteiger partial charge in [0.15, 0.2) is 0 Å². The van der Waals surface area contributed by atoms with Gasteiger partial charge in [-0.2, -0.15) is 0 Å². The Labute approximate surface area is 231 Å². The molecule has 2 heterocycles.